The van der Waals surface area contributed by atoms with Gasteiger partial charge in [-0.25, -0.2) is 0 Å². The monoisotopic (exact) mass is 258 g/mol. The van der Waals surface area contributed by atoms with E-state index < -0.39 is 0 Å². The van der Waals surface area contributed by atoms with E-state index in [2.05, 4.69) is 5.32 Å². The van der Waals surface area contributed by atoms with Crippen LogP contribution in [0.15, 0.2) is 30.3 Å². The second-order valence-electron chi connectivity index (χ2n) is 5.38. The maximum atomic E-state index is 12.1. The molecule has 19 heavy (non-hydrogen) atoms. The molecule has 1 saturated heterocycles. The van der Waals surface area contributed by atoms with Crippen LogP contribution >= 0.6 is 0 Å². The molecule has 0 aromatic heterocycles. The van der Waals surface area contributed by atoms with Crippen LogP contribution in [-0.2, 0) is 16.1 Å². The minimum Gasteiger partial charge on any atom is -0.352 e. The van der Waals surface area contributed by atoms with Gasteiger partial charge in [0.05, 0.1) is 5.92 Å². The lowest BCUT2D eigenvalue weighted by Gasteiger charge is -2.15. The molecule has 0 radical (unpaired) electrons. The summed E-state index contributed by atoms with van der Waals surface area (Å²) in [4.78, 5) is 25.7. The van der Waals surface area contributed by atoms with E-state index in [0.717, 1.165) is 18.4 Å². The number of benzene rings is 1. The van der Waals surface area contributed by atoms with Gasteiger partial charge in [-0.1, -0.05) is 30.3 Å². The highest BCUT2D eigenvalue weighted by atomic mass is 16.2. The zero-order valence-corrected chi connectivity index (χ0v) is 10.8. The maximum absolute atomic E-state index is 12.1. The molecule has 1 atom stereocenters. The Morgan fingerprint density at radius 1 is 1.26 bits per heavy atom. The molecule has 0 spiro atoms. The number of hydrogen-bond acceptors (Lipinski definition) is 2. The van der Waals surface area contributed by atoms with Crippen molar-refractivity contribution in [2.75, 3.05) is 6.54 Å². The van der Waals surface area contributed by atoms with E-state index in [1.54, 1.807) is 0 Å². The Hall–Kier alpha value is -1.84. The van der Waals surface area contributed by atoms with Crippen LogP contribution in [0.5, 0.6) is 0 Å². The fraction of sp³-hybridized carbons (Fsp3) is 0.467. The summed E-state index contributed by atoms with van der Waals surface area (Å²) >= 11 is 0. The van der Waals surface area contributed by atoms with Gasteiger partial charge in [-0.2, -0.15) is 0 Å². The van der Waals surface area contributed by atoms with E-state index in [1.807, 2.05) is 35.2 Å². The molecule has 1 aliphatic carbocycles. The lowest BCUT2D eigenvalue weighted by atomic mass is 10.1. The Kier molecular flexibility index (Phi) is 3.23. The number of rotatable bonds is 4. The van der Waals surface area contributed by atoms with Crippen molar-refractivity contribution in [2.45, 2.75) is 31.8 Å². The van der Waals surface area contributed by atoms with Crippen molar-refractivity contribution >= 4 is 11.8 Å². The van der Waals surface area contributed by atoms with Crippen LogP contribution in [-0.4, -0.2) is 29.3 Å². The number of carbonyl (C=O) groups excluding carboxylic acids is 2. The highest BCUT2D eigenvalue weighted by molar-refractivity contribution is 5.89. The van der Waals surface area contributed by atoms with Gasteiger partial charge in [0.25, 0.3) is 0 Å². The molecule has 4 nitrogen and oxygen atoms in total. The summed E-state index contributed by atoms with van der Waals surface area (Å²) in [7, 11) is 0. The minimum atomic E-state index is -0.170. The maximum Gasteiger partial charge on any atom is 0.225 e. The molecule has 1 N–H and O–H groups in total. The van der Waals surface area contributed by atoms with Gasteiger partial charge in [-0.05, 0) is 18.4 Å². The quantitative estimate of drug-likeness (QED) is 0.885. The van der Waals surface area contributed by atoms with Gasteiger partial charge in [-0.3, -0.25) is 9.59 Å². The van der Waals surface area contributed by atoms with Crippen molar-refractivity contribution < 1.29 is 9.59 Å². The predicted octanol–water partition coefficient (Wildman–Crippen LogP) is 1.31. The molecule has 100 valence electrons. The van der Waals surface area contributed by atoms with Crippen LogP contribution < -0.4 is 5.32 Å². The molecule has 0 bridgehead atoms. The second kappa shape index (κ2) is 5.03. The Balaban J connectivity index is 1.52. The molecule has 2 amide bonds. The van der Waals surface area contributed by atoms with E-state index in [0.29, 0.717) is 25.6 Å². The summed E-state index contributed by atoms with van der Waals surface area (Å²) in [6.45, 7) is 1.14. The predicted molar refractivity (Wildman–Crippen MR) is 71.1 cm³/mol. The van der Waals surface area contributed by atoms with Crippen molar-refractivity contribution in [3.05, 3.63) is 35.9 Å². The van der Waals surface area contributed by atoms with E-state index in [1.165, 1.54) is 0 Å². The van der Waals surface area contributed by atoms with Gasteiger partial charge in [0, 0.05) is 25.6 Å². The number of nitrogens with zero attached hydrogens (tertiary/aromatic N) is 1. The van der Waals surface area contributed by atoms with Gasteiger partial charge in [-0.15, -0.1) is 0 Å². The molecule has 1 aliphatic heterocycles. The normalized spacial score (nSPS) is 22.6. The number of amides is 2. The fourth-order valence-corrected chi connectivity index (χ4v) is 2.58. The second-order valence-corrected chi connectivity index (χ2v) is 5.38. The van der Waals surface area contributed by atoms with E-state index in [-0.39, 0.29) is 17.7 Å². The minimum absolute atomic E-state index is 0.000327. The smallest absolute Gasteiger partial charge is 0.225 e. The summed E-state index contributed by atoms with van der Waals surface area (Å²) in [6.07, 6.45) is 2.57. The molecule has 1 aromatic rings. The Morgan fingerprint density at radius 2 is 2.00 bits per heavy atom. The van der Waals surface area contributed by atoms with Crippen LogP contribution in [0.4, 0.5) is 0 Å². The molecule has 2 aliphatic rings. The van der Waals surface area contributed by atoms with Crippen LogP contribution in [0.25, 0.3) is 0 Å². The zero-order valence-electron chi connectivity index (χ0n) is 10.8. The van der Waals surface area contributed by atoms with Gasteiger partial charge in [0.2, 0.25) is 11.8 Å². The molecule has 2 fully saturated rings. The highest BCUT2D eigenvalue weighted by Crippen LogP contribution is 2.32. The fourth-order valence-electron chi connectivity index (χ4n) is 2.58. The number of nitrogens with one attached hydrogen (secondary N) is 1. The summed E-state index contributed by atoms with van der Waals surface area (Å²) in [6, 6.07) is 10.2. The largest absolute Gasteiger partial charge is 0.352 e. The topological polar surface area (TPSA) is 49.4 Å². The summed E-state index contributed by atoms with van der Waals surface area (Å²) in [5, 5.41) is 2.92. The standard InChI is InChI=1S/C15H18N2O2/c18-14-8-12(10-17(14)13-6-7-13)15(19)16-9-11-4-2-1-3-5-11/h1-5,12-13H,6-10H2,(H,16,19)/t12-/m0/s1. The van der Waals surface area contributed by atoms with Crippen LogP contribution in [0.3, 0.4) is 0 Å². The van der Waals surface area contributed by atoms with E-state index in [9.17, 15) is 9.59 Å². The average Bonchev–Trinajstić information content (AvgIpc) is 3.20. The number of hydrogen-bond donors (Lipinski definition) is 1. The summed E-state index contributed by atoms with van der Waals surface area (Å²) < 4.78 is 0. The first-order valence-electron chi connectivity index (χ1n) is 6.85. The molecule has 3 rings (SSSR count). The Morgan fingerprint density at radius 3 is 2.68 bits per heavy atom. The van der Waals surface area contributed by atoms with E-state index >= 15 is 0 Å². The van der Waals surface area contributed by atoms with E-state index in [4.69, 9.17) is 0 Å². The number of carbonyl (C=O) groups is 2. The van der Waals surface area contributed by atoms with Crippen molar-refractivity contribution in [3.63, 3.8) is 0 Å². The number of likely N-dealkylation sites (tertiary alicyclic amines) is 1. The first-order valence-corrected chi connectivity index (χ1v) is 6.85. The average molecular weight is 258 g/mol. The molecule has 1 heterocycles. The molecule has 4 heteroatoms. The van der Waals surface area contributed by atoms with Gasteiger partial charge in [0.15, 0.2) is 0 Å². The lowest BCUT2D eigenvalue weighted by molar-refractivity contribution is -0.129. The van der Waals surface area contributed by atoms with Crippen molar-refractivity contribution in [1.82, 2.24) is 10.2 Å². The Labute approximate surface area is 112 Å². The van der Waals surface area contributed by atoms with Gasteiger partial charge < -0.3 is 10.2 Å². The third kappa shape index (κ3) is 2.78. The first-order chi connectivity index (χ1) is 9.24. The Bertz CT molecular complexity index is 482. The van der Waals surface area contributed by atoms with Crippen molar-refractivity contribution in [1.29, 1.82) is 0 Å². The zero-order chi connectivity index (χ0) is 13.2. The highest BCUT2D eigenvalue weighted by Gasteiger charge is 2.41. The summed E-state index contributed by atoms with van der Waals surface area (Å²) in [5.41, 5.74) is 1.08. The van der Waals surface area contributed by atoms with Gasteiger partial charge in [0.1, 0.15) is 0 Å². The lowest BCUT2D eigenvalue weighted by Crippen LogP contribution is -2.33. The molecular weight excluding hydrogens is 240 g/mol. The van der Waals surface area contributed by atoms with Crippen molar-refractivity contribution in [3.8, 4) is 0 Å². The molecule has 1 saturated carbocycles. The SMILES string of the molecule is O=C(NCc1ccccc1)[C@H]1CC(=O)N(C2CC2)C1. The molecular formula is C15H18N2O2. The van der Waals surface area contributed by atoms with Crippen molar-refractivity contribution in [2.24, 2.45) is 5.92 Å². The third-order valence-corrected chi connectivity index (χ3v) is 3.83. The third-order valence-electron chi connectivity index (χ3n) is 3.83. The summed E-state index contributed by atoms with van der Waals surface area (Å²) in [5.74, 6) is -0.0282. The first kappa shape index (κ1) is 12.2. The van der Waals surface area contributed by atoms with Crippen LogP contribution in [0, 0.1) is 5.92 Å². The molecule has 0 unspecified atom stereocenters. The van der Waals surface area contributed by atoms with Crippen LogP contribution in [0.1, 0.15) is 24.8 Å². The van der Waals surface area contributed by atoms with Gasteiger partial charge >= 0.3 is 0 Å². The molecule has 1 aromatic carbocycles. The van der Waals surface area contributed by atoms with Crippen LogP contribution in [0.2, 0.25) is 0 Å².